The van der Waals surface area contributed by atoms with E-state index in [1.807, 2.05) is 41.9 Å². The van der Waals surface area contributed by atoms with E-state index in [2.05, 4.69) is 4.90 Å². The predicted octanol–water partition coefficient (Wildman–Crippen LogP) is 5.65. The lowest BCUT2D eigenvalue weighted by Crippen LogP contribution is -2.38. The van der Waals surface area contributed by atoms with Gasteiger partial charge >= 0.3 is 0 Å². The van der Waals surface area contributed by atoms with Crippen LogP contribution in [-0.4, -0.2) is 41.8 Å². The first-order chi connectivity index (χ1) is 16.0. The molecule has 0 unspecified atom stereocenters. The Bertz CT molecular complexity index is 1190. The highest BCUT2D eigenvalue weighted by Gasteiger charge is 2.28. The number of likely N-dealkylation sites (tertiary alicyclic amines) is 1. The van der Waals surface area contributed by atoms with Crippen molar-refractivity contribution < 1.29 is 9.47 Å². The van der Waals surface area contributed by atoms with Crippen LogP contribution in [0.2, 0.25) is 5.02 Å². The van der Waals surface area contributed by atoms with E-state index >= 15 is 0 Å². The zero-order valence-corrected chi connectivity index (χ0v) is 20.1. The van der Waals surface area contributed by atoms with E-state index in [9.17, 15) is 4.79 Å². The summed E-state index contributed by atoms with van der Waals surface area (Å²) in [4.78, 5) is 15.8. The molecule has 2 aliphatic rings. The van der Waals surface area contributed by atoms with E-state index in [0.29, 0.717) is 16.2 Å². The van der Waals surface area contributed by atoms with Crippen LogP contribution in [0.5, 0.6) is 11.5 Å². The smallest absolute Gasteiger partial charge is 0.231 e. The fourth-order valence-electron chi connectivity index (χ4n) is 5.52. The molecule has 1 aromatic heterocycles. The molecule has 0 radical (unpaired) electrons. The second-order valence-corrected chi connectivity index (χ2v) is 9.68. The van der Waals surface area contributed by atoms with E-state index in [-0.39, 0.29) is 11.5 Å². The molecule has 0 bridgehead atoms. The molecule has 3 aromatic rings. The van der Waals surface area contributed by atoms with Crippen LogP contribution in [0, 0.1) is 0 Å². The summed E-state index contributed by atoms with van der Waals surface area (Å²) >= 11 is 6.13. The topological polar surface area (TPSA) is 43.7 Å². The van der Waals surface area contributed by atoms with E-state index in [0.717, 1.165) is 41.4 Å². The fourth-order valence-corrected chi connectivity index (χ4v) is 5.69. The van der Waals surface area contributed by atoms with Gasteiger partial charge in [-0.3, -0.25) is 4.79 Å². The number of methoxy groups -OCH3 is 1. The molecule has 2 aromatic carbocycles. The minimum Gasteiger partial charge on any atom is -0.491 e. The first-order valence-electron chi connectivity index (χ1n) is 11.9. The van der Waals surface area contributed by atoms with Gasteiger partial charge in [0.1, 0.15) is 5.75 Å². The molecule has 2 heterocycles. The summed E-state index contributed by atoms with van der Waals surface area (Å²) in [6, 6.07) is 14.1. The van der Waals surface area contributed by atoms with E-state index in [1.165, 1.54) is 45.9 Å². The number of rotatable bonds is 5. The molecule has 1 aliphatic heterocycles. The van der Waals surface area contributed by atoms with Crippen molar-refractivity contribution in [2.75, 3.05) is 20.2 Å². The van der Waals surface area contributed by atoms with Crippen LogP contribution < -0.4 is 14.9 Å². The van der Waals surface area contributed by atoms with Crippen LogP contribution in [0.15, 0.2) is 47.3 Å². The average molecular weight is 467 g/mol. The number of fused-ring (bicyclic) bond motifs is 1. The number of hydrogen-bond acceptors (Lipinski definition) is 4. The van der Waals surface area contributed by atoms with Crippen LogP contribution in [0.4, 0.5) is 0 Å². The van der Waals surface area contributed by atoms with Crippen molar-refractivity contribution in [1.29, 1.82) is 0 Å². The Labute approximate surface area is 199 Å². The standard InChI is InChI=1S/C27H31ClN2O3/c1-29-24-14-7-19(28)17-23(24)26(31)27(32-2)25(29)18-5-10-21(11-6-18)33-22-12-8-20(9-13-22)30-15-3-4-16-30/h5-7,10-11,14,17,20,22H,3-4,8-9,12-13,15-16H2,1-2H3. The summed E-state index contributed by atoms with van der Waals surface area (Å²) in [5.41, 5.74) is 2.32. The van der Waals surface area contributed by atoms with Gasteiger partial charge in [-0.05, 0) is 94.1 Å². The number of hydrogen-bond donors (Lipinski definition) is 0. The maximum Gasteiger partial charge on any atom is 0.231 e. The Kier molecular flexibility index (Phi) is 6.35. The molecule has 2 fully saturated rings. The molecular formula is C27H31ClN2O3. The van der Waals surface area contributed by atoms with Crippen molar-refractivity contribution in [3.63, 3.8) is 0 Å². The molecule has 1 saturated heterocycles. The van der Waals surface area contributed by atoms with Crippen molar-refractivity contribution in [3.8, 4) is 22.8 Å². The van der Waals surface area contributed by atoms with Gasteiger partial charge in [0, 0.05) is 23.7 Å². The SMILES string of the molecule is COc1c(-c2ccc(OC3CCC(N4CCCC4)CC3)cc2)n(C)c2ccc(Cl)cc2c1=O. The molecule has 0 N–H and O–H groups in total. The molecule has 0 amide bonds. The molecule has 6 heteroatoms. The lowest BCUT2D eigenvalue weighted by atomic mass is 9.92. The summed E-state index contributed by atoms with van der Waals surface area (Å²) in [5, 5.41) is 1.08. The number of aryl methyl sites for hydroxylation is 1. The van der Waals surface area contributed by atoms with Gasteiger partial charge in [-0.1, -0.05) is 11.6 Å². The van der Waals surface area contributed by atoms with Crippen molar-refractivity contribution in [3.05, 3.63) is 57.7 Å². The lowest BCUT2D eigenvalue weighted by molar-refractivity contribution is 0.100. The van der Waals surface area contributed by atoms with Crippen LogP contribution in [0.3, 0.4) is 0 Å². The Hall–Kier alpha value is -2.50. The zero-order valence-electron chi connectivity index (χ0n) is 19.4. The van der Waals surface area contributed by atoms with Gasteiger partial charge in [0.05, 0.1) is 29.8 Å². The van der Waals surface area contributed by atoms with Crippen LogP contribution in [0.1, 0.15) is 38.5 Å². The molecule has 0 spiro atoms. The van der Waals surface area contributed by atoms with Gasteiger partial charge in [-0.25, -0.2) is 0 Å². The highest BCUT2D eigenvalue weighted by atomic mass is 35.5. The van der Waals surface area contributed by atoms with E-state index in [4.69, 9.17) is 21.1 Å². The normalized spacial score (nSPS) is 21.4. The van der Waals surface area contributed by atoms with Gasteiger partial charge in [-0.2, -0.15) is 0 Å². The largest absolute Gasteiger partial charge is 0.491 e. The number of pyridine rings is 1. The summed E-state index contributed by atoms with van der Waals surface area (Å²) in [5.74, 6) is 1.20. The number of halogens is 1. The number of nitrogens with zero attached hydrogens (tertiary/aromatic N) is 2. The molecule has 33 heavy (non-hydrogen) atoms. The molecule has 5 rings (SSSR count). The Morgan fingerprint density at radius 3 is 2.33 bits per heavy atom. The molecular weight excluding hydrogens is 436 g/mol. The summed E-state index contributed by atoms with van der Waals surface area (Å²) in [6.07, 6.45) is 7.65. The highest BCUT2D eigenvalue weighted by molar-refractivity contribution is 6.31. The van der Waals surface area contributed by atoms with Gasteiger partial charge in [-0.15, -0.1) is 0 Å². The molecule has 5 nitrogen and oxygen atoms in total. The summed E-state index contributed by atoms with van der Waals surface area (Å²) in [7, 11) is 3.48. The lowest BCUT2D eigenvalue weighted by Gasteiger charge is -2.34. The minimum absolute atomic E-state index is 0.154. The van der Waals surface area contributed by atoms with E-state index in [1.54, 1.807) is 12.1 Å². The Morgan fingerprint density at radius 1 is 0.970 bits per heavy atom. The van der Waals surface area contributed by atoms with Crippen LogP contribution >= 0.6 is 11.6 Å². The third-order valence-corrected chi connectivity index (χ3v) is 7.49. The highest BCUT2D eigenvalue weighted by Crippen LogP contribution is 2.33. The second-order valence-electron chi connectivity index (χ2n) is 9.25. The molecule has 1 aliphatic carbocycles. The number of aromatic nitrogens is 1. The number of ether oxygens (including phenoxy) is 2. The first kappa shape index (κ1) is 22.3. The predicted molar refractivity (Wildman–Crippen MR) is 134 cm³/mol. The van der Waals surface area contributed by atoms with Crippen LogP contribution in [-0.2, 0) is 7.05 Å². The fraction of sp³-hybridized carbons (Fsp3) is 0.444. The Morgan fingerprint density at radius 2 is 1.67 bits per heavy atom. The van der Waals surface area contributed by atoms with Gasteiger partial charge in [0.15, 0.2) is 5.75 Å². The van der Waals surface area contributed by atoms with Crippen molar-refractivity contribution in [2.24, 2.45) is 7.05 Å². The third kappa shape index (κ3) is 4.36. The number of benzene rings is 2. The van der Waals surface area contributed by atoms with Gasteiger partial charge in [0.25, 0.3) is 0 Å². The quantitative estimate of drug-likeness (QED) is 0.487. The van der Waals surface area contributed by atoms with Gasteiger partial charge in [0.2, 0.25) is 5.43 Å². The second kappa shape index (κ2) is 9.40. The van der Waals surface area contributed by atoms with Crippen molar-refractivity contribution in [2.45, 2.75) is 50.7 Å². The molecule has 174 valence electrons. The zero-order chi connectivity index (χ0) is 22.9. The van der Waals surface area contributed by atoms with Crippen molar-refractivity contribution >= 4 is 22.5 Å². The Balaban J connectivity index is 1.35. The van der Waals surface area contributed by atoms with E-state index < -0.39 is 0 Å². The third-order valence-electron chi connectivity index (χ3n) is 7.26. The van der Waals surface area contributed by atoms with Crippen LogP contribution in [0.25, 0.3) is 22.2 Å². The summed E-state index contributed by atoms with van der Waals surface area (Å²) < 4.78 is 13.9. The average Bonchev–Trinajstić information content (AvgIpc) is 3.37. The van der Waals surface area contributed by atoms with Crippen molar-refractivity contribution in [1.82, 2.24) is 9.47 Å². The first-order valence-corrected chi connectivity index (χ1v) is 12.3. The molecule has 1 saturated carbocycles. The maximum atomic E-state index is 13.1. The maximum absolute atomic E-state index is 13.1. The molecule has 0 atom stereocenters. The summed E-state index contributed by atoms with van der Waals surface area (Å²) in [6.45, 7) is 2.54. The van der Waals surface area contributed by atoms with Gasteiger partial charge < -0.3 is 18.9 Å². The monoisotopic (exact) mass is 466 g/mol. The minimum atomic E-state index is -0.154.